The maximum Gasteiger partial charge on any atom is 0.157 e. The van der Waals surface area contributed by atoms with Crippen molar-refractivity contribution in [2.45, 2.75) is 19.1 Å². The molecule has 1 saturated heterocycles. The fourth-order valence-electron chi connectivity index (χ4n) is 1.64. The van der Waals surface area contributed by atoms with Gasteiger partial charge in [0.2, 0.25) is 0 Å². The molecular formula is C11H13BrO4S. The molecule has 0 amide bonds. The van der Waals surface area contributed by atoms with Gasteiger partial charge in [-0.3, -0.25) is 0 Å². The molecule has 0 bridgehead atoms. The third-order valence-electron chi connectivity index (χ3n) is 2.61. The summed E-state index contributed by atoms with van der Waals surface area (Å²) in [5, 5.41) is 9.41. The number of rotatable bonds is 3. The third kappa shape index (κ3) is 3.00. The highest BCUT2D eigenvalue weighted by Gasteiger charge is 2.35. The Balaban J connectivity index is 2.08. The Kier molecular flexibility index (Phi) is 3.47. The van der Waals surface area contributed by atoms with Gasteiger partial charge in [-0.1, -0.05) is 6.07 Å². The monoisotopic (exact) mass is 320 g/mol. The number of benzene rings is 1. The van der Waals surface area contributed by atoms with E-state index in [1.165, 1.54) is 0 Å². The molecule has 1 aliphatic rings. The van der Waals surface area contributed by atoms with Crippen LogP contribution in [0, 0.1) is 0 Å². The first-order valence-corrected chi connectivity index (χ1v) is 7.83. The number of hydrogen-bond donors (Lipinski definition) is 1. The maximum absolute atomic E-state index is 11.0. The van der Waals surface area contributed by atoms with Crippen LogP contribution in [0.2, 0.25) is 0 Å². The van der Waals surface area contributed by atoms with Crippen molar-refractivity contribution in [3.05, 3.63) is 28.2 Å². The quantitative estimate of drug-likeness (QED) is 0.920. The minimum Gasteiger partial charge on any atom is -0.487 e. The zero-order valence-electron chi connectivity index (χ0n) is 9.26. The van der Waals surface area contributed by atoms with Gasteiger partial charge in [0.1, 0.15) is 11.9 Å². The van der Waals surface area contributed by atoms with Crippen molar-refractivity contribution in [2.75, 3.05) is 11.5 Å². The average molecular weight is 321 g/mol. The van der Waals surface area contributed by atoms with Crippen LogP contribution in [0.3, 0.4) is 0 Å². The largest absolute Gasteiger partial charge is 0.487 e. The van der Waals surface area contributed by atoms with Crippen molar-refractivity contribution in [2.24, 2.45) is 0 Å². The fourth-order valence-corrected chi connectivity index (χ4v) is 3.30. The van der Waals surface area contributed by atoms with Gasteiger partial charge >= 0.3 is 0 Å². The highest BCUT2D eigenvalue weighted by atomic mass is 79.9. The molecule has 1 N–H and O–H groups in total. The van der Waals surface area contributed by atoms with E-state index in [9.17, 15) is 13.5 Å². The third-order valence-corrected chi connectivity index (χ3v) is 4.99. The Morgan fingerprint density at radius 3 is 2.59 bits per heavy atom. The van der Waals surface area contributed by atoms with Crippen LogP contribution in [0.15, 0.2) is 22.7 Å². The molecule has 1 aliphatic heterocycles. The van der Waals surface area contributed by atoms with Crippen LogP contribution < -0.4 is 4.74 Å². The molecule has 1 aromatic rings. The standard InChI is InChI=1S/C11H13BrO4S/c1-7(13)8-2-3-11(10(12)4-8)16-9-5-17(14,15)6-9/h2-4,7,9,13H,5-6H2,1H3. The summed E-state index contributed by atoms with van der Waals surface area (Å²) in [6.07, 6.45) is -0.793. The van der Waals surface area contributed by atoms with Crippen molar-refractivity contribution >= 4 is 25.8 Å². The van der Waals surface area contributed by atoms with Crippen molar-refractivity contribution < 1.29 is 18.3 Å². The Morgan fingerprint density at radius 2 is 2.12 bits per heavy atom. The average Bonchev–Trinajstić information content (AvgIpc) is 2.17. The first kappa shape index (κ1) is 12.9. The van der Waals surface area contributed by atoms with E-state index in [-0.39, 0.29) is 17.6 Å². The Labute approximate surface area is 109 Å². The molecule has 6 heteroatoms. The molecule has 1 heterocycles. The van der Waals surface area contributed by atoms with Crippen LogP contribution in [0.5, 0.6) is 5.75 Å². The van der Waals surface area contributed by atoms with E-state index >= 15 is 0 Å². The van der Waals surface area contributed by atoms with Gasteiger partial charge in [-0.25, -0.2) is 8.42 Å². The van der Waals surface area contributed by atoms with E-state index < -0.39 is 15.9 Å². The van der Waals surface area contributed by atoms with Gasteiger partial charge in [-0.2, -0.15) is 0 Å². The van der Waals surface area contributed by atoms with Gasteiger partial charge in [0.15, 0.2) is 9.84 Å². The zero-order chi connectivity index (χ0) is 12.6. The second-order valence-electron chi connectivity index (χ2n) is 4.18. The van der Waals surface area contributed by atoms with Gasteiger partial charge in [-0.05, 0) is 40.5 Å². The van der Waals surface area contributed by atoms with Gasteiger partial charge in [0.25, 0.3) is 0 Å². The molecule has 17 heavy (non-hydrogen) atoms. The van der Waals surface area contributed by atoms with Gasteiger partial charge in [-0.15, -0.1) is 0 Å². The molecule has 1 atom stereocenters. The van der Waals surface area contributed by atoms with Crippen LogP contribution in [0.4, 0.5) is 0 Å². The molecule has 0 aromatic heterocycles. The van der Waals surface area contributed by atoms with E-state index in [1.54, 1.807) is 25.1 Å². The fraction of sp³-hybridized carbons (Fsp3) is 0.455. The molecule has 4 nitrogen and oxygen atoms in total. The van der Waals surface area contributed by atoms with Crippen LogP contribution in [0.25, 0.3) is 0 Å². The SMILES string of the molecule is CC(O)c1ccc(OC2CS(=O)(=O)C2)c(Br)c1. The smallest absolute Gasteiger partial charge is 0.157 e. The van der Waals surface area contributed by atoms with Crippen LogP contribution in [-0.2, 0) is 9.84 Å². The summed E-state index contributed by atoms with van der Waals surface area (Å²) in [7, 11) is -2.87. The molecule has 1 fully saturated rings. The lowest BCUT2D eigenvalue weighted by atomic mass is 10.1. The molecule has 0 saturated carbocycles. The normalized spacial score (nSPS) is 20.6. The van der Waals surface area contributed by atoms with Gasteiger partial charge in [0.05, 0.1) is 22.1 Å². The molecule has 1 aromatic carbocycles. The number of aliphatic hydroxyl groups is 1. The number of sulfone groups is 1. The van der Waals surface area contributed by atoms with E-state index in [0.717, 1.165) is 10.0 Å². The van der Waals surface area contributed by atoms with Crippen molar-refractivity contribution in [3.8, 4) is 5.75 Å². The van der Waals surface area contributed by atoms with E-state index in [1.807, 2.05) is 0 Å². The summed E-state index contributed by atoms with van der Waals surface area (Å²) in [4.78, 5) is 0. The first-order chi connectivity index (χ1) is 7.87. The van der Waals surface area contributed by atoms with Crippen molar-refractivity contribution in [1.82, 2.24) is 0 Å². The summed E-state index contributed by atoms with van der Waals surface area (Å²) in [6, 6.07) is 5.27. The maximum atomic E-state index is 11.0. The van der Waals surface area contributed by atoms with Crippen LogP contribution >= 0.6 is 15.9 Å². The highest BCUT2D eigenvalue weighted by Crippen LogP contribution is 2.30. The minimum atomic E-state index is -2.87. The van der Waals surface area contributed by atoms with Crippen LogP contribution in [-0.4, -0.2) is 31.1 Å². The number of halogens is 1. The Bertz CT molecular complexity index is 512. The summed E-state index contributed by atoms with van der Waals surface area (Å²) < 4.78 is 28.2. The second kappa shape index (κ2) is 4.59. The van der Waals surface area contributed by atoms with Crippen LogP contribution in [0.1, 0.15) is 18.6 Å². The van der Waals surface area contributed by atoms with E-state index in [4.69, 9.17) is 4.74 Å². The zero-order valence-corrected chi connectivity index (χ0v) is 11.7. The molecule has 0 spiro atoms. The van der Waals surface area contributed by atoms with E-state index in [2.05, 4.69) is 15.9 Å². The summed E-state index contributed by atoms with van der Waals surface area (Å²) in [5.74, 6) is 0.768. The highest BCUT2D eigenvalue weighted by molar-refractivity contribution is 9.10. The second-order valence-corrected chi connectivity index (χ2v) is 7.19. The molecular weight excluding hydrogens is 308 g/mol. The van der Waals surface area contributed by atoms with Gasteiger partial charge in [0, 0.05) is 0 Å². The lowest BCUT2D eigenvalue weighted by Gasteiger charge is -2.27. The Morgan fingerprint density at radius 1 is 1.47 bits per heavy atom. The predicted molar refractivity (Wildman–Crippen MR) is 67.8 cm³/mol. The lowest BCUT2D eigenvalue weighted by molar-refractivity contribution is 0.198. The van der Waals surface area contributed by atoms with E-state index in [0.29, 0.717) is 5.75 Å². The molecule has 94 valence electrons. The lowest BCUT2D eigenvalue weighted by Crippen LogP contribution is -2.45. The van der Waals surface area contributed by atoms with Gasteiger partial charge < -0.3 is 9.84 Å². The summed E-state index contributed by atoms with van der Waals surface area (Å²) in [6.45, 7) is 1.68. The Hall–Kier alpha value is -0.590. The first-order valence-electron chi connectivity index (χ1n) is 5.22. The number of hydrogen-bond acceptors (Lipinski definition) is 4. The summed E-state index contributed by atoms with van der Waals surface area (Å²) >= 11 is 3.34. The molecule has 1 unspecified atom stereocenters. The topological polar surface area (TPSA) is 63.6 Å². The van der Waals surface area contributed by atoms with Crippen molar-refractivity contribution in [1.29, 1.82) is 0 Å². The van der Waals surface area contributed by atoms with Crippen molar-refractivity contribution in [3.63, 3.8) is 0 Å². The predicted octanol–water partition coefficient (Wildman–Crippen LogP) is 1.68. The molecule has 0 radical (unpaired) electrons. The summed E-state index contributed by atoms with van der Waals surface area (Å²) in [5.41, 5.74) is 0.783. The molecule has 0 aliphatic carbocycles. The number of ether oxygens (including phenoxy) is 1. The number of aliphatic hydroxyl groups excluding tert-OH is 1. The molecule has 2 rings (SSSR count). The minimum absolute atomic E-state index is 0.0809.